The fourth-order valence-corrected chi connectivity index (χ4v) is 2.97. The van der Waals surface area contributed by atoms with Gasteiger partial charge in [0.05, 0.1) is 0 Å². The molecule has 0 fully saturated rings. The standard InChI is InChI=1S/C22H28O5/c1-17-15-22(25)27-20-16-18(12-13-19(17)20)26-14-10-8-6-4-2-3-5-7-9-11-21(23)24/h8,10,12-13,15-16H,2-7,9,11,14H2,1H3,(H,23,24)/b10-8+. The number of rotatable bonds is 12. The monoisotopic (exact) mass is 372 g/mol. The van der Waals surface area contributed by atoms with Crippen LogP contribution in [0.4, 0.5) is 0 Å². The number of fused-ring (bicyclic) bond motifs is 1. The van der Waals surface area contributed by atoms with E-state index in [1.165, 1.54) is 12.5 Å². The predicted molar refractivity (Wildman–Crippen MR) is 106 cm³/mol. The predicted octanol–water partition coefficient (Wildman–Crippen LogP) is 5.24. The van der Waals surface area contributed by atoms with Gasteiger partial charge in [0.1, 0.15) is 17.9 Å². The number of aryl methyl sites for hydroxylation is 1. The Morgan fingerprint density at radius 1 is 1.07 bits per heavy atom. The first-order valence-corrected chi connectivity index (χ1v) is 9.60. The maximum absolute atomic E-state index is 11.5. The molecule has 0 amide bonds. The molecule has 1 aromatic heterocycles. The zero-order chi connectivity index (χ0) is 19.5. The number of carboxylic acid groups (broad SMARTS) is 1. The van der Waals surface area contributed by atoms with Crippen LogP contribution >= 0.6 is 0 Å². The van der Waals surface area contributed by atoms with Crippen molar-refractivity contribution in [1.82, 2.24) is 0 Å². The summed E-state index contributed by atoms with van der Waals surface area (Å²) in [7, 11) is 0. The molecule has 0 aliphatic carbocycles. The van der Waals surface area contributed by atoms with Gasteiger partial charge in [-0.1, -0.05) is 37.8 Å². The lowest BCUT2D eigenvalue weighted by Gasteiger charge is -2.05. The smallest absolute Gasteiger partial charge is 0.336 e. The minimum absolute atomic E-state index is 0.283. The summed E-state index contributed by atoms with van der Waals surface area (Å²) >= 11 is 0. The molecule has 0 spiro atoms. The number of carboxylic acids is 1. The van der Waals surface area contributed by atoms with Crippen molar-refractivity contribution in [2.24, 2.45) is 0 Å². The van der Waals surface area contributed by atoms with Crippen LogP contribution in [0, 0.1) is 6.92 Å². The van der Waals surface area contributed by atoms with Gasteiger partial charge in [-0.2, -0.15) is 0 Å². The van der Waals surface area contributed by atoms with Crippen molar-refractivity contribution < 1.29 is 19.1 Å². The largest absolute Gasteiger partial charge is 0.489 e. The maximum atomic E-state index is 11.5. The van der Waals surface area contributed by atoms with Gasteiger partial charge < -0.3 is 14.3 Å². The molecule has 0 aliphatic rings. The fraction of sp³-hybridized carbons (Fsp3) is 0.455. The number of hydrogen-bond acceptors (Lipinski definition) is 4. The van der Waals surface area contributed by atoms with E-state index in [9.17, 15) is 9.59 Å². The number of aliphatic carboxylic acids is 1. The quantitative estimate of drug-likeness (QED) is 0.313. The van der Waals surface area contributed by atoms with E-state index >= 15 is 0 Å². The van der Waals surface area contributed by atoms with Gasteiger partial charge in [-0.3, -0.25) is 4.79 Å². The molecule has 1 heterocycles. The van der Waals surface area contributed by atoms with Gasteiger partial charge in [-0.25, -0.2) is 4.79 Å². The Kier molecular flexibility index (Phi) is 8.62. The first-order chi connectivity index (χ1) is 13.1. The number of unbranched alkanes of at least 4 members (excludes halogenated alkanes) is 6. The summed E-state index contributed by atoms with van der Waals surface area (Å²) in [5.41, 5.74) is 1.10. The molecule has 0 saturated carbocycles. The van der Waals surface area contributed by atoms with Crippen molar-refractivity contribution >= 4 is 16.9 Å². The van der Waals surface area contributed by atoms with Crippen molar-refractivity contribution in [3.63, 3.8) is 0 Å². The van der Waals surface area contributed by atoms with Crippen LogP contribution in [0.15, 0.2) is 45.6 Å². The average Bonchev–Trinajstić information content (AvgIpc) is 2.62. The molecular formula is C22H28O5. The summed E-state index contributed by atoms with van der Waals surface area (Å²) in [6.45, 7) is 2.37. The van der Waals surface area contributed by atoms with Gasteiger partial charge >= 0.3 is 11.6 Å². The van der Waals surface area contributed by atoms with Crippen molar-refractivity contribution in [1.29, 1.82) is 0 Å². The molecule has 0 saturated heterocycles. The molecule has 146 valence electrons. The average molecular weight is 372 g/mol. The van der Waals surface area contributed by atoms with Crippen molar-refractivity contribution in [3.8, 4) is 5.75 Å². The second-order valence-corrected chi connectivity index (χ2v) is 6.74. The third kappa shape index (κ3) is 7.69. The first kappa shape index (κ1) is 20.7. The summed E-state index contributed by atoms with van der Waals surface area (Å²) in [6.07, 6.45) is 11.8. The highest BCUT2D eigenvalue weighted by Crippen LogP contribution is 2.22. The van der Waals surface area contributed by atoms with Crippen LogP contribution in [0.3, 0.4) is 0 Å². The molecule has 0 radical (unpaired) electrons. The molecular weight excluding hydrogens is 344 g/mol. The van der Waals surface area contributed by atoms with E-state index in [0.29, 0.717) is 17.9 Å². The van der Waals surface area contributed by atoms with Crippen molar-refractivity contribution in [2.75, 3.05) is 6.61 Å². The van der Waals surface area contributed by atoms with Crippen LogP contribution in [-0.4, -0.2) is 17.7 Å². The normalized spacial score (nSPS) is 11.3. The molecule has 2 aromatic rings. The minimum Gasteiger partial charge on any atom is -0.489 e. The number of carbonyl (C=O) groups is 1. The van der Waals surface area contributed by atoms with Crippen LogP contribution < -0.4 is 10.4 Å². The zero-order valence-corrected chi connectivity index (χ0v) is 15.9. The molecule has 27 heavy (non-hydrogen) atoms. The second-order valence-electron chi connectivity index (χ2n) is 6.74. The van der Waals surface area contributed by atoms with E-state index in [-0.39, 0.29) is 12.0 Å². The summed E-state index contributed by atoms with van der Waals surface area (Å²) in [4.78, 5) is 21.9. The van der Waals surface area contributed by atoms with Gasteiger partial charge in [0.25, 0.3) is 0 Å². The molecule has 0 bridgehead atoms. The van der Waals surface area contributed by atoms with E-state index in [0.717, 1.165) is 49.5 Å². The van der Waals surface area contributed by atoms with Gasteiger partial charge in [0.2, 0.25) is 0 Å². The highest BCUT2D eigenvalue weighted by Gasteiger charge is 2.03. The molecule has 1 N–H and O–H groups in total. The lowest BCUT2D eigenvalue weighted by Crippen LogP contribution is -1.98. The van der Waals surface area contributed by atoms with Crippen LogP contribution in [0.25, 0.3) is 11.0 Å². The van der Waals surface area contributed by atoms with Gasteiger partial charge in [-0.05, 0) is 43.9 Å². The highest BCUT2D eigenvalue weighted by atomic mass is 16.5. The number of allylic oxidation sites excluding steroid dienone is 1. The molecule has 0 atom stereocenters. The van der Waals surface area contributed by atoms with E-state index in [4.69, 9.17) is 14.3 Å². The molecule has 5 heteroatoms. The third-order valence-electron chi connectivity index (χ3n) is 4.45. The molecule has 0 aliphatic heterocycles. The lowest BCUT2D eigenvalue weighted by molar-refractivity contribution is -0.137. The third-order valence-corrected chi connectivity index (χ3v) is 4.45. The summed E-state index contributed by atoms with van der Waals surface area (Å²) in [5, 5.41) is 9.48. The van der Waals surface area contributed by atoms with Gasteiger partial charge in [-0.15, -0.1) is 0 Å². The van der Waals surface area contributed by atoms with E-state index in [2.05, 4.69) is 6.08 Å². The Bertz CT molecular complexity index is 819. The Balaban J connectivity index is 1.60. The van der Waals surface area contributed by atoms with Crippen LogP contribution in [-0.2, 0) is 4.79 Å². The summed E-state index contributed by atoms with van der Waals surface area (Å²) in [6, 6.07) is 7.03. The number of hydrogen-bond donors (Lipinski definition) is 1. The maximum Gasteiger partial charge on any atom is 0.336 e. The minimum atomic E-state index is -0.703. The summed E-state index contributed by atoms with van der Waals surface area (Å²) < 4.78 is 10.9. The Morgan fingerprint density at radius 3 is 2.59 bits per heavy atom. The van der Waals surface area contributed by atoms with Crippen LogP contribution in [0.2, 0.25) is 0 Å². The molecule has 0 unspecified atom stereocenters. The lowest BCUT2D eigenvalue weighted by atomic mass is 10.1. The Morgan fingerprint density at radius 2 is 1.81 bits per heavy atom. The highest BCUT2D eigenvalue weighted by molar-refractivity contribution is 5.81. The first-order valence-electron chi connectivity index (χ1n) is 9.60. The fourth-order valence-electron chi connectivity index (χ4n) is 2.97. The zero-order valence-electron chi connectivity index (χ0n) is 15.9. The molecule has 2 rings (SSSR count). The van der Waals surface area contributed by atoms with Crippen molar-refractivity contribution in [2.45, 2.75) is 58.3 Å². The SMILES string of the molecule is Cc1cc(=O)oc2cc(OC/C=C/CCCCCCCCC(=O)O)ccc12. The van der Waals surface area contributed by atoms with Gasteiger partial charge in [0, 0.05) is 23.9 Å². The number of benzene rings is 1. The Labute approximate surface area is 159 Å². The van der Waals surface area contributed by atoms with E-state index in [1.807, 2.05) is 25.1 Å². The molecule has 1 aromatic carbocycles. The van der Waals surface area contributed by atoms with Crippen LogP contribution in [0.5, 0.6) is 5.75 Å². The van der Waals surface area contributed by atoms with Crippen LogP contribution in [0.1, 0.15) is 56.9 Å². The summed E-state index contributed by atoms with van der Waals surface area (Å²) in [5.74, 6) is -0.0204. The van der Waals surface area contributed by atoms with E-state index in [1.54, 1.807) is 6.07 Å². The van der Waals surface area contributed by atoms with Gasteiger partial charge in [0.15, 0.2) is 0 Å². The molecule has 5 nitrogen and oxygen atoms in total. The van der Waals surface area contributed by atoms with E-state index < -0.39 is 5.97 Å². The number of ether oxygens (including phenoxy) is 1. The topological polar surface area (TPSA) is 76.7 Å². The Hall–Kier alpha value is -2.56. The second kappa shape index (κ2) is 11.2. The van der Waals surface area contributed by atoms with Crippen molar-refractivity contribution in [3.05, 3.63) is 52.4 Å².